The molecule has 1 fully saturated rings. The van der Waals surface area contributed by atoms with E-state index in [2.05, 4.69) is 67.0 Å². The summed E-state index contributed by atoms with van der Waals surface area (Å²) >= 11 is 2.10. The smallest absolute Gasteiger partial charge is 0.0237 e. The molecular weight excluding hydrogens is 252 g/mol. The van der Waals surface area contributed by atoms with Crippen molar-refractivity contribution in [3.8, 4) is 0 Å². The van der Waals surface area contributed by atoms with Crippen molar-refractivity contribution < 1.29 is 0 Å². The molecule has 1 N–H and O–H groups in total. The van der Waals surface area contributed by atoms with E-state index < -0.39 is 0 Å². The van der Waals surface area contributed by atoms with E-state index >= 15 is 0 Å². The Bertz CT molecular complexity index is 403. The normalized spacial score (nSPS) is 19.5. The van der Waals surface area contributed by atoms with Crippen LogP contribution in [0.4, 0.5) is 0 Å². The molecule has 0 amide bonds. The maximum Gasteiger partial charge on any atom is 0.0237 e. The second-order valence-corrected chi connectivity index (χ2v) is 7.67. The van der Waals surface area contributed by atoms with Gasteiger partial charge in [-0.2, -0.15) is 11.8 Å². The first-order valence-electron chi connectivity index (χ1n) is 7.24. The first-order valence-corrected chi connectivity index (χ1v) is 8.23. The van der Waals surface area contributed by atoms with E-state index in [-0.39, 0.29) is 0 Å². The fraction of sp³-hybridized carbons (Fsp3) is 0.625. The molecule has 0 spiro atoms. The Kier molecular flexibility index (Phi) is 5.31. The third-order valence-corrected chi connectivity index (χ3v) is 4.88. The van der Waals surface area contributed by atoms with Crippen LogP contribution in [0.25, 0.3) is 0 Å². The van der Waals surface area contributed by atoms with Crippen LogP contribution in [0.2, 0.25) is 0 Å². The summed E-state index contributed by atoms with van der Waals surface area (Å²) in [6.07, 6.45) is 0. The molecule has 1 aliphatic rings. The van der Waals surface area contributed by atoms with Gasteiger partial charge in [0.1, 0.15) is 0 Å². The van der Waals surface area contributed by atoms with E-state index in [0.29, 0.717) is 4.75 Å². The lowest BCUT2D eigenvalue weighted by Gasteiger charge is -2.37. The molecule has 0 aromatic heterocycles. The Hall–Kier alpha value is -0.510. The van der Waals surface area contributed by atoms with Crippen LogP contribution < -0.4 is 5.32 Å². The van der Waals surface area contributed by atoms with Crippen molar-refractivity contribution in [2.24, 2.45) is 0 Å². The van der Waals surface area contributed by atoms with Crippen LogP contribution in [-0.4, -0.2) is 35.0 Å². The quantitative estimate of drug-likeness (QED) is 0.891. The van der Waals surface area contributed by atoms with E-state index in [4.69, 9.17) is 0 Å². The molecular formula is C16H26N2S. The molecule has 3 heteroatoms. The molecule has 0 radical (unpaired) electrons. The minimum absolute atomic E-state index is 0.398. The average molecular weight is 278 g/mol. The number of hydrogen-bond acceptors (Lipinski definition) is 3. The summed E-state index contributed by atoms with van der Waals surface area (Å²) < 4.78 is 0.398. The van der Waals surface area contributed by atoms with Gasteiger partial charge in [0, 0.05) is 36.7 Å². The molecule has 19 heavy (non-hydrogen) atoms. The van der Waals surface area contributed by atoms with Crippen molar-refractivity contribution in [3.63, 3.8) is 0 Å². The fourth-order valence-corrected chi connectivity index (χ4v) is 3.81. The van der Waals surface area contributed by atoms with Crippen LogP contribution in [0, 0.1) is 0 Å². The van der Waals surface area contributed by atoms with Gasteiger partial charge >= 0.3 is 0 Å². The minimum atomic E-state index is 0.398. The highest BCUT2D eigenvalue weighted by atomic mass is 32.2. The second-order valence-electron chi connectivity index (χ2n) is 5.87. The Morgan fingerprint density at radius 3 is 2.68 bits per heavy atom. The molecule has 0 saturated carbocycles. The average Bonchev–Trinajstić information content (AvgIpc) is 2.36. The SMILES string of the molecule is CCNCc1ccccc1CN1CCSC(C)(C)C1. The third-order valence-electron chi connectivity index (χ3n) is 3.58. The van der Waals surface area contributed by atoms with Crippen LogP contribution in [0.15, 0.2) is 24.3 Å². The molecule has 1 heterocycles. The highest BCUT2D eigenvalue weighted by Gasteiger charge is 2.27. The summed E-state index contributed by atoms with van der Waals surface area (Å²) in [7, 11) is 0. The lowest BCUT2D eigenvalue weighted by molar-refractivity contribution is 0.252. The van der Waals surface area contributed by atoms with Crippen LogP contribution in [0.5, 0.6) is 0 Å². The predicted octanol–water partition coefficient (Wildman–Crippen LogP) is 3.12. The number of benzene rings is 1. The zero-order chi connectivity index (χ0) is 13.7. The number of nitrogens with one attached hydrogen (secondary N) is 1. The standard InChI is InChI=1S/C16H26N2S/c1-4-17-11-14-7-5-6-8-15(14)12-18-9-10-19-16(2,3)13-18/h5-8,17H,4,9-13H2,1-3H3. The van der Waals surface area contributed by atoms with Gasteiger partial charge < -0.3 is 5.32 Å². The number of hydrogen-bond donors (Lipinski definition) is 1. The topological polar surface area (TPSA) is 15.3 Å². The Morgan fingerprint density at radius 2 is 2.00 bits per heavy atom. The van der Waals surface area contributed by atoms with E-state index in [1.165, 1.54) is 30.0 Å². The maximum atomic E-state index is 3.44. The summed E-state index contributed by atoms with van der Waals surface area (Å²) in [5.74, 6) is 1.25. The van der Waals surface area contributed by atoms with E-state index in [0.717, 1.165) is 19.6 Å². The van der Waals surface area contributed by atoms with Gasteiger partial charge in [-0.15, -0.1) is 0 Å². The Labute approximate surface area is 122 Å². The van der Waals surface area contributed by atoms with Crippen molar-refractivity contribution >= 4 is 11.8 Å². The first kappa shape index (κ1) is 14.9. The second kappa shape index (κ2) is 6.78. The predicted molar refractivity (Wildman–Crippen MR) is 85.6 cm³/mol. The van der Waals surface area contributed by atoms with Crippen molar-refractivity contribution in [2.75, 3.05) is 25.4 Å². The van der Waals surface area contributed by atoms with Crippen molar-refractivity contribution in [1.82, 2.24) is 10.2 Å². The van der Waals surface area contributed by atoms with Gasteiger partial charge in [-0.25, -0.2) is 0 Å². The van der Waals surface area contributed by atoms with Crippen LogP contribution in [0.3, 0.4) is 0 Å². The number of rotatable bonds is 5. The molecule has 1 aliphatic heterocycles. The van der Waals surface area contributed by atoms with Crippen molar-refractivity contribution in [1.29, 1.82) is 0 Å². The zero-order valence-corrected chi connectivity index (χ0v) is 13.2. The van der Waals surface area contributed by atoms with Crippen molar-refractivity contribution in [2.45, 2.75) is 38.6 Å². The summed E-state index contributed by atoms with van der Waals surface area (Å²) in [4.78, 5) is 2.60. The fourth-order valence-electron chi connectivity index (χ4n) is 2.63. The molecule has 1 aromatic carbocycles. The molecule has 0 bridgehead atoms. The van der Waals surface area contributed by atoms with Gasteiger partial charge in [0.25, 0.3) is 0 Å². The highest BCUT2D eigenvalue weighted by molar-refractivity contribution is 8.00. The van der Waals surface area contributed by atoms with Crippen LogP contribution >= 0.6 is 11.8 Å². The van der Waals surface area contributed by atoms with Crippen molar-refractivity contribution in [3.05, 3.63) is 35.4 Å². The molecule has 0 aliphatic carbocycles. The number of nitrogens with zero attached hydrogens (tertiary/aromatic N) is 1. The largest absolute Gasteiger partial charge is 0.313 e. The molecule has 1 aromatic rings. The summed E-state index contributed by atoms with van der Waals surface area (Å²) in [6, 6.07) is 8.84. The highest BCUT2D eigenvalue weighted by Crippen LogP contribution is 2.30. The van der Waals surface area contributed by atoms with Crippen LogP contribution in [0.1, 0.15) is 31.9 Å². The summed E-state index contributed by atoms with van der Waals surface area (Å²) in [5.41, 5.74) is 2.92. The van der Waals surface area contributed by atoms with Gasteiger partial charge in [-0.3, -0.25) is 4.90 Å². The van der Waals surface area contributed by atoms with Crippen LogP contribution in [-0.2, 0) is 13.1 Å². The summed E-state index contributed by atoms with van der Waals surface area (Å²) in [5, 5.41) is 3.44. The number of thioether (sulfide) groups is 1. The molecule has 106 valence electrons. The molecule has 0 atom stereocenters. The zero-order valence-electron chi connectivity index (χ0n) is 12.4. The van der Waals surface area contributed by atoms with Gasteiger partial charge in [0.05, 0.1) is 0 Å². The van der Waals surface area contributed by atoms with E-state index in [1.807, 2.05) is 0 Å². The monoisotopic (exact) mass is 278 g/mol. The Balaban J connectivity index is 2.02. The Morgan fingerprint density at radius 1 is 1.26 bits per heavy atom. The molecule has 1 saturated heterocycles. The van der Waals surface area contributed by atoms with Gasteiger partial charge in [0.15, 0.2) is 0 Å². The lowest BCUT2D eigenvalue weighted by Crippen LogP contribution is -2.42. The van der Waals surface area contributed by atoms with E-state index in [9.17, 15) is 0 Å². The molecule has 0 unspecified atom stereocenters. The third kappa shape index (κ3) is 4.51. The summed E-state index contributed by atoms with van der Waals surface area (Å²) in [6.45, 7) is 12.4. The molecule has 2 rings (SSSR count). The van der Waals surface area contributed by atoms with E-state index in [1.54, 1.807) is 0 Å². The van der Waals surface area contributed by atoms with Gasteiger partial charge in [-0.1, -0.05) is 31.2 Å². The molecule has 2 nitrogen and oxygen atoms in total. The maximum absolute atomic E-state index is 3.44. The van der Waals surface area contributed by atoms with Gasteiger partial charge in [-0.05, 0) is 31.5 Å². The van der Waals surface area contributed by atoms with Gasteiger partial charge in [0.2, 0.25) is 0 Å². The minimum Gasteiger partial charge on any atom is -0.313 e. The lowest BCUT2D eigenvalue weighted by atomic mass is 10.1. The first-order chi connectivity index (χ1) is 9.11.